The summed E-state index contributed by atoms with van der Waals surface area (Å²) in [6.07, 6.45) is 0.0719. The highest BCUT2D eigenvalue weighted by molar-refractivity contribution is 5.79. The second-order valence-electron chi connectivity index (χ2n) is 5.25. The molecule has 0 fully saturated rings. The van der Waals surface area contributed by atoms with Gasteiger partial charge in [0.15, 0.2) is 0 Å². The fraction of sp³-hybridized carbons (Fsp3) is 0.533. The molecule has 0 aliphatic heterocycles. The third kappa shape index (κ3) is 4.05. The van der Waals surface area contributed by atoms with E-state index in [0.29, 0.717) is 18.0 Å². The van der Waals surface area contributed by atoms with Gasteiger partial charge in [-0.1, -0.05) is 13.0 Å². The number of nitrogens with two attached hydrogens (primary N) is 1. The number of hydrogen-bond donors (Lipinski definition) is 2. The maximum Gasteiger partial charge on any atom is 0.224 e. The minimum atomic E-state index is -0.112. The Morgan fingerprint density at radius 2 is 2.05 bits per heavy atom. The van der Waals surface area contributed by atoms with E-state index in [0.717, 1.165) is 5.69 Å². The summed E-state index contributed by atoms with van der Waals surface area (Å²) in [6.45, 7) is 6.40. The lowest BCUT2D eigenvalue weighted by atomic mass is 10.1. The van der Waals surface area contributed by atoms with Crippen LogP contribution in [0.4, 0.5) is 11.4 Å². The number of hydrogen-bond acceptors (Lipinski definition) is 4. The van der Waals surface area contributed by atoms with E-state index in [1.54, 1.807) is 7.05 Å². The topological polar surface area (TPSA) is 67.6 Å². The molecule has 1 unspecified atom stereocenters. The zero-order chi connectivity index (χ0) is 15.3. The molecule has 3 N–H and O–H groups in total. The summed E-state index contributed by atoms with van der Waals surface area (Å²) in [6, 6.07) is 5.69. The van der Waals surface area contributed by atoms with E-state index in [4.69, 9.17) is 10.5 Å². The predicted molar refractivity (Wildman–Crippen MR) is 83.1 cm³/mol. The Morgan fingerprint density at radius 1 is 1.40 bits per heavy atom. The van der Waals surface area contributed by atoms with Gasteiger partial charge in [0.2, 0.25) is 5.91 Å². The van der Waals surface area contributed by atoms with Crippen molar-refractivity contribution in [1.29, 1.82) is 0 Å². The lowest BCUT2D eigenvalue weighted by Crippen LogP contribution is -2.34. The summed E-state index contributed by atoms with van der Waals surface area (Å²) in [5.74, 6) is 0.584. The Kier molecular flexibility index (Phi) is 5.67. The van der Waals surface area contributed by atoms with E-state index >= 15 is 0 Å². The van der Waals surface area contributed by atoms with Gasteiger partial charge in [0.05, 0.1) is 23.4 Å². The Labute approximate surface area is 121 Å². The minimum absolute atomic E-state index is 0.0185. The molecule has 1 atom stereocenters. The molecule has 112 valence electrons. The van der Waals surface area contributed by atoms with Crippen LogP contribution in [0.2, 0.25) is 0 Å². The van der Waals surface area contributed by atoms with E-state index in [1.165, 1.54) is 0 Å². The maximum absolute atomic E-state index is 11.6. The number of carbonyl (C=O) groups is 1. The Morgan fingerprint density at radius 3 is 2.60 bits per heavy atom. The third-order valence-electron chi connectivity index (χ3n) is 3.06. The number of nitrogen functional groups attached to an aromatic ring is 1. The Balaban J connectivity index is 2.88. The molecule has 1 amide bonds. The lowest BCUT2D eigenvalue weighted by Gasteiger charge is -2.25. The normalized spacial score (nSPS) is 12.1. The molecule has 1 aromatic rings. The van der Waals surface area contributed by atoms with Gasteiger partial charge in [0.25, 0.3) is 0 Å². The average molecular weight is 279 g/mol. The molecule has 0 bridgehead atoms. The molecule has 0 heterocycles. The predicted octanol–water partition coefficient (Wildman–Crippen LogP) is 1.87. The number of amides is 1. The summed E-state index contributed by atoms with van der Waals surface area (Å²) in [5.41, 5.74) is 7.63. The van der Waals surface area contributed by atoms with Gasteiger partial charge in [0.1, 0.15) is 5.75 Å². The van der Waals surface area contributed by atoms with Crippen molar-refractivity contribution in [3.8, 4) is 5.75 Å². The van der Waals surface area contributed by atoms with Gasteiger partial charge in [0, 0.05) is 20.6 Å². The van der Waals surface area contributed by atoms with Crippen LogP contribution in [0.5, 0.6) is 5.75 Å². The van der Waals surface area contributed by atoms with Crippen LogP contribution in [0.25, 0.3) is 0 Å². The molecule has 0 radical (unpaired) electrons. The minimum Gasteiger partial charge on any atom is -0.489 e. The second kappa shape index (κ2) is 7.03. The summed E-state index contributed by atoms with van der Waals surface area (Å²) in [5, 5.41) is 2.65. The van der Waals surface area contributed by atoms with Gasteiger partial charge in [-0.15, -0.1) is 0 Å². The van der Waals surface area contributed by atoms with Gasteiger partial charge in [-0.05, 0) is 26.0 Å². The summed E-state index contributed by atoms with van der Waals surface area (Å²) < 4.78 is 5.68. The standard InChI is InChI=1S/C15H25N3O2/c1-10(2)20-13-8-6-7-12(14(13)16)18(5)9-11(3)15(19)17-4/h6-8,10-11H,9,16H2,1-5H3,(H,17,19). The van der Waals surface area contributed by atoms with Crippen molar-refractivity contribution >= 4 is 17.3 Å². The number of para-hydroxylation sites is 1. The zero-order valence-corrected chi connectivity index (χ0v) is 12.9. The molecule has 5 heteroatoms. The lowest BCUT2D eigenvalue weighted by molar-refractivity contribution is -0.123. The van der Waals surface area contributed by atoms with Crippen LogP contribution in [-0.4, -0.2) is 32.7 Å². The van der Waals surface area contributed by atoms with Crippen molar-refractivity contribution < 1.29 is 9.53 Å². The SMILES string of the molecule is CNC(=O)C(C)CN(C)c1cccc(OC(C)C)c1N. The number of nitrogens with one attached hydrogen (secondary N) is 1. The number of nitrogens with zero attached hydrogens (tertiary/aromatic N) is 1. The van der Waals surface area contributed by atoms with Crippen molar-refractivity contribution in [2.24, 2.45) is 5.92 Å². The van der Waals surface area contributed by atoms with Crippen molar-refractivity contribution in [1.82, 2.24) is 5.32 Å². The first kappa shape index (κ1) is 16.1. The van der Waals surface area contributed by atoms with Crippen molar-refractivity contribution in [2.45, 2.75) is 26.9 Å². The van der Waals surface area contributed by atoms with Gasteiger partial charge in [-0.2, -0.15) is 0 Å². The second-order valence-corrected chi connectivity index (χ2v) is 5.25. The maximum atomic E-state index is 11.6. The number of ether oxygens (including phenoxy) is 1. The molecule has 0 spiro atoms. The van der Waals surface area contributed by atoms with Crippen LogP contribution in [-0.2, 0) is 4.79 Å². The highest BCUT2D eigenvalue weighted by atomic mass is 16.5. The molecule has 20 heavy (non-hydrogen) atoms. The van der Waals surface area contributed by atoms with Crippen LogP contribution in [0.15, 0.2) is 18.2 Å². The zero-order valence-electron chi connectivity index (χ0n) is 12.9. The average Bonchev–Trinajstić information content (AvgIpc) is 2.39. The number of rotatable bonds is 6. The monoisotopic (exact) mass is 279 g/mol. The van der Waals surface area contributed by atoms with Gasteiger partial charge >= 0.3 is 0 Å². The molecular formula is C15H25N3O2. The molecule has 0 saturated heterocycles. The first-order chi connectivity index (χ1) is 9.36. The van der Waals surface area contributed by atoms with Crippen LogP contribution >= 0.6 is 0 Å². The third-order valence-corrected chi connectivity index (χ3v) is 3.06. The van der Waals surface area contributed by atoms with Crippen molar-refractivity contribution in [3.05, 3.63) is 18.2 Å². The van der Waals surface area contributed by atoms with E-state index < -0.39 is 0 Å². The van der Waals surface area contributed by atoms with E-state index in [-0.39, 0.29) is 17.9 Å². The smallest absolute Gasteiger partial charge is 0.224 e. The molecular weight excluding hydrogens is 254 g/mol. The highest BCUT2D eigenvalue weighted by Gasteiger charge is 2.17. The number of carbonyl (C=O) groups excluding carboxylic acids is 1. The molecule has 0 saturated carbocycles. The van der Waals surface area contributed by atoms with Gasteiger partial charge in [-0.25, -0.2) is 0 Å². The van der Waals surface area contributed by atoms with Crippen LogP contribution in [0.3, 0.4) is 0 Å². The molecule has 0 aliphatic carbocycles. The first-order valence-electron chi connectivity index (χ1n) is 6.84. The quantitative estimate of drug-likeness (QED) is 0.780. The largest absolute Gasteiger partial charge is 0.489 e. The van der Waals surface area contributed by atoms with E-state index in [9.17, 15) is 4.79 Å². The van der Waals surface area contributed by atoms with E-state index in [2.05, 4.69) is 5.32 Å². The molecule has 0 aromatic heterocycles. The van der Waals surface area contributed by atoms with Gasteiger partial charge in [-0.3, -0.25) is 4.79 Å². The molecule has 5 nitrogen and oxygen atoms in total. The first-order valence-corrected chi connectivity index (χ1v) is 6.84. The van der Waals surface area contributed by atoms with E-state index in [1.807, 2.05) is 50.9 Å². The Hall–Kier alpha value is -1.91. The van der Waals surface area contributed by atoms with Gasteiger partial charge < -0.3 is 20.7 Å². The van der Waals surface area contributed by atoms with Crippen molar-refractivity contribution in [3.63, 3.8) is 0 Å². The molecule has 1 rings (SSSR count). The highest BCUT2D eigenvalue weighted by Crippen LogP contribution is 2.32. The van der Waals surface area contributed by atoms with Crippen LogP contribution in [0, 0.1) is 5.92 Å². The molecule has 0 aliphatic rings. The number of benzene rings is 1. The van der Waals surface area contributed by atoms with Crippen molar-refractivity contribution in [2.75, 3.05) is 31.3 Å². The summed E-state index contributed by atoms with van der Waals surface area (Å²) in [4.78, 5) is 13.6. The Bertz CT molecular complexity index is 460. The summed E-state index contributed by atoms with van der Waals surface area (Å²) >= 11 is 0. The van der Waals surface area contributed by atoms with Crippen LogP contribution < -0.4 is 20.7 Å². The summed E-state index contributed by atoms with van der Waals surface area (Å²) in [7, 11) is 3.56. The molecule has 1 aromatic carbocycles. The number of anilines is 2. The fourth-order valence-corrected chi connectivity index (χ4v) is 2.06. The fourth-order valence-electron chi connectivity index (χ4n) is 2.06. The van der Waals surface area contributed by atoms with Crippen LogP contribution in [0.1, 0.15) is 20.8 Å².